The number of esters is 1. The van der Waals surface area contributed by atoms with Crippen LogP contribution in [0.5, 0.6) is 11.5 Å². The Hall–Kier alpha value is -3.10. The number of halogens is 2. The van der Waals surface area contributed by atoms with Crippen molar-refractivity contribution in [3.05, 3.63) is 57.1 Å². The molecule has 1 amide bonds. The summed E-state index contributed by atoms with van der Waals surface area (Å²) in [5.74, 6) is -0.285. The summed E-state index contributed by atoms with van der Waals surface area (Å²) < 4.78 is 11.7. The molecule has 8 nitrogen and oxygen atoms in total. The molecule has 2 aromatic carbocycles. The minimum absolute atomic E-state index is 0.0376. The number of aryl methyl sites for hydroxylation is 1. The van der Waals surface area contributed by atoms with E-state index < -0.39 is 5.97 Å². The van der Waals surface area contributed by atoms with Crippen LogP contribution in [0.15, 0.2) is 41.5 Å². The second kappa shape index (κ2) is 9.15. The van der Waals surface area contributed by atoms with E-state index in [1.807, 2.05) is 0 Å². The van der Waals surface area contributed by atoms with Crippen LogP contribution >= 0.6 is 23.2 Å². The quantitative estimate of drug-likeness (QED) is 0.572. The Bertz CT molecular complexity index is 1170. The molecule has 30 heavy (non-hydrogen) atoms. The number of methoxy groups -OCH3 is 1. The van der Waals surface area contributed by atoms with E-state index in [1.54, 1.807) is 25.2 Å². The van der Waals surface area contributed by atoms with Crippen molar-refractivity contribution in [3.8, 4) is 11.5 Å². The average molecular weight is 450 g/mol. The van der Waals surface area contributed by atoms with Gasteiger partial charge in [0.25, 0.3) is 5.56 Å². The number of aromatic nitrogens is 2. The van der Waals surface area contributed by atoms with Gasteiger partial charge in [-0.2, -0.15) is 0 Å². The van der Waals surface area contributed by atoms with E-state index in [0.717, 1.165) is 0 Å². The molecule has 0 aliphatic rings. The van der Waals surface area contributed by atoms with Crippen molar-refractivity contribution in [1.29, 1.82) is 0 Å². The second-order valence-corrected chi connectivity index (χ2v) is 7.15. The Labute approximate surface area is 181 Å². The molecule has 0 aliphatic heterocycles. The molecule has 0 atom stereocenters. The molecule has 0 bridgehead atoms. The minimum Gasteiger partial charge on any atom is -0.469 e. The first-order valence-electron chi connectivity index (χ1n) is 8.77. The first kappa shape index (κ1) is 21.6. The molecule has 156 valence electrons. The normalized spacial score (nSPS) is 10.7. The third-order valence-corrected chi connectivity index (χ3v) is 4.74. The fourth-order valence-corrected chi connectivity index (χ4v) is 3.21. The van der Waals surface area contributed by atoms with Gasteiger partial charge in [-0.05, 0) is 24.3 Å². The number of benzene rings is 2. The summed E-state index contributed by atoms with van der Waals surface area (Å²) in [6, 6.07) is 7.78. The molecule has 3 rings (SSSR count). The van der Waals surface area contributed by atoms with E-state index in [1.165, 1.54) is 30.1 Å². The van der Waals surface area contributed by atoms with Gasteiger partial charge in [-0.25, -0.2) is 4.98 Å². The average Bonchev–Trinajstić information content (AvgIpc) is 2.71. The molecule has 1 heterocycles. The van der Waals surface area contributed by atoms with Crippen molar-refractivity contribution in [2.24, 2.45) is 7.05 Å². The van der Waals surface area contributed by atoms with Crippen molar-refractivity contribution >= 4 is 51.7 Å². The topological polar surface area (TPSA) is 99.5 Å². The van der Waals surface area contributed by atoms with Crippen molar-refractivity contribution in [1.82, 2.24) is 9.55 Å². The standard InChI is InChI=1S/C20H17Cl2N3O5/c1-25-10-23-16-9-12(3-4-13(16)20(25)28)30-19-14(21)7-11(8-15(19)22)24-17(26)5-6-18(27)29-2/h3-4,7-10H,5-6H2,1-2H3,(H,24,26). The minimum atomic E-state index is -0.479. The summed E-state index contributed by atoms with van der Waals surface area (Å²) in [6.45, 7) is 0. The number of ether oxygens (including phenoxy) is 2. The molecule has 1 N–H and O–H groups in total. The number of nitrogens with one attached hydrogen (secondary N) is 1. The number of carbonyl (C=O) groups excluding carboxylic acids is 2. The monoisotopic (exact) mass is 449 g/mol. The third kappa shape index (κ3) is 4.90. The summed E-state index contributed by atoms with van der Waals surface area (Å²) in [5.41, 5.74) is 0.656. The molecule has 0 saturated heterocycles. The Morgan fingerprint density at radius 2 is 1.83 bits per heavy atom. The number of fused-ring (bicyclic) bond motifs is 1. The Morgan fingerprint density at radius 3 is 2.50 bits per heavy atom. The first-order valence-corrected chi connectivity index (χ1v) is 9.53. The molecule has 0 fully saturated rings. The van der Waals surface area contributed by atoms with Gasteiger partial charge in [0.1, 0.15) is 5.75 Å². The van der Waals surface area contributed by atoms with Gasteiger partial charge >= 0.3 is 5.97 Å². The Morgan fingerprint density at radius 1 is 1.13 bits per heavy atom. The zero-order valence-corrected chi connectivity index (χ0v) is 17.6. The lowest BCUT2D eigenvalue weighted by Gasteiger charge is -2.13. The van der Waals surface area contributed by atoms with Crippen LogP contribution < -0.4 is 15.6 Å². The maximum Gasteiger partial charge on any atom is 0.306 e. The van der Waals surface area contributed by atoms with E-state index in [4.69, 9.17) is 27.9 Å². The number of amides is 1. The Balaban J connectivity index is 1.78. The summed E-state index contributed by atoms with van der Waals surface area (Å²) in [5, 5.41) is 3.40. The predicted octanol–water partition coefficient (Wildman–Crippen LogP) is 3.92. The van der Waals surface area contributed by atoms with E-state index in [0.29, 0.717) is 22.3 Å². The molecule has 10 heteroatoms. The molecule has 0 saturated carbocycles. The largest absolute Gasteiger partial charge is 0.469 e. The van der Waals surface area contributed by atoms with Gasteiger partial charge in [0.15, 0.2) is 5.75 Å². The number of anilines is 1. The van der Waals surface area contributed by atoms with Crippen LogP contribution in [-0.4, -0.2) is 28.5 Å². The third-order valence-electron chi connectivity index (χ3n) is 4.18. The smallest absolute Gasteiger partial charge is 0.306 e. The van der Waals surface area contributed by atoms with Crippen molar-refractivity contribution in [2.45, 2.75) is 12.8 Å². The fourth-order valence-electron chi connectivity index (χ4n) is 2.64. The van der Waals surface area contributed by atoms with E-state index >= 15 is 0 Å². The molecule has 0 spiro atoms. The predicted molar refractivity (Wildman–Crippen MR) is 113 cm³/mol. The van der Waals surface area contributed by atoms with Crippen molar-refractivity contribution in [2.75, 3.05) is 12.4 Å². The maximum absolute atomic E-state index is 12.1. The highest BCUT2D eigenvalue weighted by atomic mass is 35.5. The molecule has 1 aromatic heterocycles. The van der Waals surface area contributed by atoms with Crippen LogP contribution in [0.1, 0.15) is 12.8 Å². The van der Waals surface area contributed by atoms with Crippen LogP contribution in [-0.2, 0) is 21.4 Å². The van der Waals surface area contributed by atoms with Crippen LogP contribution in [0.25, 0.3) is 10.9 Å². The van der Waals surface area contributed by atoms with Crippen LogP contribution in [0.2, 0.25) is 10.0 Å². The van der Waals surface area contributed by atoms with Crippen molar-refractivity contribution in [3.63, 3.8) is 0 Å². The highest BCUT2D eigenvalue weighted by Gasteiger charge is 2.14. The zero-order valence-electron chi connectivity index (χ0n) is 16.1. The highest BCUT2D eigenvalue weighted by Crippen LogP contribution is 2.39. The lowest BCUT2D eigenvalue weighted by atomic mass is 10.2. The van der Waals surface area contributed by atoms with Gasteiger partial charge in [-0.1, -0.05) is 23.2 Å². The van der Waals surface area contributed by atoms with Crippen LogP contribution in [0.3, 0.4) is 0 Å². The number of carbonyl (C=O) groups is 2. The number of hydrogen-bond acceptors (Lipinski definition) is 6. The van der Waals surface area contributed by atoms with Gasteiger partial charge < -0.3 is 19.4 Å². The number of rotatable bonds is 6. The lowest BCUT2D eigenvalue weighted by Crippen LogP contribution is -2.16. The summed E-state index contributed by atoms with van der Waals surface area (Å²) in [7, 11) is 2.87. The van der Waals surface area contributed by atoms with Gasteiger partial charge in [-0.3, -0.25) is 14.4 Å². The SMILES string of the molecule is COC(=O)CCC(=O)Nc1cc(Cl)c(Oc2ccc3c(=O)n(C)cnc3c2)c(Cl)c1. The first-order chi connectivity index (χ1) is 14.3. The van der Waals surface area contributed by atoms with Gasteiger partial charge in [0, 0.05) is 25.2 Å². The molecular weight excluding hydrogens is 433 g/mol. The lowest BCUT2D eigenvalue weighted by molar-refractivity contribution is -0.141. The van der Waals surface area contributed by atoms with Crippen LogP contribution in [0, 0.1) is 0 Å². The molecule has 3 aromatic rings. The van der Waals surface area contributed by atoms with E-state index in [2.05, 4.69) is 15.0 Å². The summed E-state index contributed by atoms with van der Waals surface area (Å²) in [4.78, 5) is 39.4. The van der Waals surface area contributed by atoms with Crippen LogP contribution in [0.4, 0.5) is 5.69 Å². The molecular formula is C20H17Cl2N3O5. The van der Waals surface area contributed by atoms with Gasteiger partial charge in [0.05, 0.1) is 40.8 Å². The summed E-state index contributed by atoms with van der Waals surface area (Å²) >= 11 is 12.6. The summed E-state index contributed by atoms with van der Waals surface area (Å²) in [6.07, 6.45) is 1.35. The second-order valence-electron chi connectivity index (χ2n) is 6.33. The molecule has 0 unspecified atom stereocenters. The van der Waals surface area contributed by atoms with Gasteiger partial charge in [-0.15, -0.1) is 0 Å². The highest BCUT2D eigenvalue weighted by molar-refractivity contribution is 6.37. The number of nitrogens with zero attached hydrogens (tertiary/aromatic N) is 2. The van der Waals surface area contributed by atoms with Crippen molar-refractivity contribution < 1.29 is 19.1 Å². The van der Waals surface area contributed by atoms with E-state index in [-0.39, 0.29) is 40.1 Å². The van der Waals surface area contributed by atoms with E-state index in [9.17, 15) is 14.4 Å². The molecule has 0 aliphatic carbocycles. The number of hydrogen-bond donors (Lipinski definition) is 1. The Kier molecular flexibility index (Phi) is 6.59. The molecule has 0 radical (unpaired) electrons. The van der Waals surface area contributed by atoms with Gasteiger partial charge in [0.2, 0.25) is 5.91 Å². The fraction of sp³-hybridized carbons (Fsp3) is 0.200. The zero-order chi connectivity index (χ0) is 21.8. The maximum atomic E-state index is 12.1.